The van der Waals surface area contributed by atoms with Crippen LogP contribution < -0.4 is 21.8 Å². The Kier molecular flexibility index (Phi) is 7.82. The fourth-order valence-corrected chi connectivity index (χ4v) is 4.09. The summed E-state index contributed by atoms with van der Waals surface area (Å²) in [4.78, 5) is 38.3. The zero-order valence-electron chi connectivity index (χ0n) is 18.0. The Morgan fingerprint density at radius 1 is 1.22 bits per heavy atom. The molecule has 1 unspecified atom stereocenters. The summed E-state index contributed by atoms with van der Waals surface area (Å²) < 4.78 is 2.96. The number of carbonyl (C=O) groups excluding carboxylic acids is 1. The van der Waals surface area contributed by atoms with Crippen molar-refractivity contribution in [1.29, 1.82) is 0 Å². The van der Waals surface area contributed by atoms with Crippen LogP contribution in [-0.2, 0) is 13.1 Å². The van der Waals surface area contributed by atoms with E-state index in [0.29, 0.717) is 23.4 Å². The van der Waals surface area contributed by atoms with Crippen LogP contribution in [0.5, 0.6) is 0 Å². The lowest BCUT2D eigenvalue weighted by molar-refractivity contribution is 0.0948. The van der Waals surface area contributed by atoms with Gasteiger partial charge in [-0.05, 0) is 56.5 Å². The number of hydrogen-bond donors (Lipinski definition) is 2. The lowest BCUT2D eigenvalue weighted by Crippen LogP contribution is -2.39. The summed E-state index contributed by atoms with van der Waals surface area (Å²) in [5.74, 6) is -0.0385. The third kappa shape index (κ3) is 5.08. The van der Waals surface area contributed by atoms with Crippen LogP contribution in [0.15, 0.2) is 52.3 Å². The molecule has 1 amide bonds. The van der Waals surface area contributed by atoms with Gasteiger partial charge in [0.1, 0.15) is 5.56 Å². The highest BCUT2D eigenvalue weighted by Crippen LogP contribution is 2.12. The Morgan fingerprint density at radius 2 is 2.03 bits per heavy atom. The maximum absolute atomic E-state index is 13.0. The van der Waals surface area contributed by atoms with Crippen LogP contribution in [0, 0.1) is 12.8 Å². The number of halogens is 1. The molecule has 32 heavy (non-hydrogen) atoms. The Bertz CT molecular complexity index is 1210. The zero-order chi connectivity index (χ0) is 21.8. The van der Waals surface area contributed by atoms with Crippen LogP contribution in [0.25, 0.3) is 10.8 Å². The van der Waals surface area contributed by atoms with E-state index in [1.807, 2.05) is 24.3 Å². The molecular formula is C23H28ClN5O3. The highest BCUT2D eigenvalue weighted by Gasteiger charge is 2.19. The molecule has 3 heterocycles. The molecule has 8 nitrogen and oxygen atoms in total. The summed E-state index contributed by atoms with van der Waals surface area (Å²) in [5, 5.41) is 11.7. The standard InChI is InChI=1S/C23H27N5O3.ClH/c1-16-8-11-27(15-17-5-4-9-24-13-17)23(31)20(16)21(29)25-10-12-28-22(30)19-7-3-2-6-18(19)14-26-28;/h2-3,6-8,11,14,17,24H,4-5,9-10,12-13,15H2,1H3,(H,25,29);1H. The van der Waals surface area contributed by atoms with Crippen molar-refractivity contribution >= 4 is 29.1 Å². The normalized spacial score (nSPS) is 15.8. The topological polar surface area (TPSA) is 98.0 Å². The smallest absolute Gasteiger partial charge is 0.274 e. The number of pyridine rings is 1. The van der Waals surface area contributed by atoms with E-state index in [1.165, 1.54) is 4.68 Å². The van der Waals surface area contributed by atoms with Gasteiger partial charge in [-0.15, -0.1) is 12.4 Å². The monoisotopic (exact) mass is 457 g/mol. The number of piperidine rings is 1. The fourth-order valence-electron chi connectivity index (χ4n) is 4.09. The van der Waals surface area contributed by atoms with Crippen LogP contribution in [-0.4, -0.2) is 39.9 Å². The molecule has 1 aliphatic rings. The Hall–Kier alpha value is -2.97. The Morgan fingerprint density at radius 3 is 2.81 bits per heavy atom. The molecule has 2 aromatic heterocycles. The Labute approximate surface area is 192 Å². The molecule has 0 aliphatic carbocycles. The first-order valence-corrected chi connectivity index (χ1v) is 10.7. The van der Waals surface area contributed by atoms with Crippen molar-refractivity contribution in [3.63, 3.8) is 0 Å². The predicted octanol–water partition coefficient (Wildman–Crippen LogP) is 1.72. The number of nitrogens with zero attached hydrogens (tertiary/aromatic N) is 3. The van der Waals surface area contributed by atoms with E-state index in [-0.39, 0.29) is 42.2 Å². The first-order valence-electron chi connectivity index (χ1n) is 10.7. The second kappa shape index (κ2) is 10.6. The maximum atomic E-state index is 13.0. The first-order chi connectivity index (χ1) is 15.0. The molecule has 1 aliphatic heterocycles. The van der Waals surface area contributed by atoms with Crippen molar-refractivity contribution in [3.8, 4) is 0 Å². The molecule has 1 saturated heterocycles. The van der Waals surface area contributed by atoms with Crippen molar-refractivity contribution < 1.29 is 4.79 Å². The summed E-state index contributed by atoms with van der Waals surface area (Å²) in [6, 6.07) is 9.06. The minimum atomic E-state index is -0.424. The van der Waals surface area contributed by atoms with Crippen molar-refractivity contribution in [1.82, 2.24) is 25.0 Å². The van der Waals surface area contributed by atoms with Gasteiger partial charge in [-0.3, -0.25) is 14.4 Å². The first kappa shape index (κ1) is 23.7. The van der Waals surface area contributed by atoms with Crippen LogP contribution >= 0.6 is 12.4 Å². The number of fused-ring (bicyclic) bond motifs is 1. The summed E-state index contributed by atoms with van der Waals surface area (Å²) >= 11 is 0. The summed E-state index contributed by atoms with van der Waals surface area (Å²) in [6.07, 6.45) is 5.57. The van der Waals surface area contributed by atoms with Gasteiger partial charge in [0.25, 0.3) is 17.0 Å². The van der Waals surface area contributed by atoms with E-state index >= 15 is 0 Å². The molecule has 170 valence electrons. The zero-order valence-corrected chi connectivity index (χ0v) is 18.9. The third-order valence-electron chi connectivity index (χ3n) is 5.83. The highest BCUT2D eigenvalue weighted by molar-refractivity contribution is 5.95. The van der Waals surface area contributed by atoms with Crippen LogP contribution in [0.4, 0.5) is 0 Å². The maximum Gasteiger partial charge on any atom is 0.274 e. The summed E-state index contributed by atoms with van der Waals surface area (Å²) in [6.45, 7) is 4.69. The molecule has 0 spiro atoms. The number of carbonyl (C=O) groups is 1. The second-order valence-electron chi connectivity index (χ2n) is 8.06. The van der Waals surface area contributed by atoms with E-state index in [4.69, 9.17) is 0 Å². The largest absolute Gasteiger partial charge is 0.350 e. The number of aryl methyl sites for hydroxylation is 1. The number of hydrogen-bond acceptors (Lipinski definition) is 5. The molecule has 4 rings (SSSR count). The van der Waals surface area contributed by atoms with Gasteiger partial charge in [0, 0.05) is 24.7 Å². The van der Waals surface area contributed by atoms with Gasteiger partial charge in [0.15, 0.2) is 0 Å². The second-order valence-corrected chi connectivity index (χ2v) is 8.06. The van der Waals surface area contributed by atoms with Gasteiger partial charge in [-0.2, -0.15) is 5.10 Å². The molecule has 1 aromatic carbocycles. The number of benzene rings is 1. The number of rotatable bonds is 6. The van der Waals surface area contributed by atoms with Crippen molar-refractivity contribution in [2.45, 2.75) is 32.9 Å². The quantitative estimate of drug-likeness (QED) is 0.587. The van der Waals surface area contributed by atoms with Crippen molar-refractivity contribution in [2.24, 2.45) is 5.92 Å². The van der Waals surface area contributed by atoms with Crippen molar-refractivity contribution in [2.75, 3.05) is 19.6 Å². The van der Waals surface area contributed by atoms with Crippen LogP contribution in [0.3, 0.4) is 0 Å². The van der Waals surface area contributed by atoms with Gasteiger partial charge < -0.3 is 15.2 Å². The van der Waals surface area contributed by atoms with Gasteiger partial charge in [0.05, 0.1) is 18.1 Å². The number of aromatic nitrogens is 3. The van der Waals surface area contributed by atoms with E-state index < -0.39 is 5.91 Å². The SMILES string of the molecule is Cc1ccn(CC2CCCNC2)c(=O)c1C(=O)NCCn1ncc2ccccc2c1=O.Cl. The highest BCUT2D eigenvalue weighted by atomic mass is 35.5. The van der Waals surface area contributed by atoms with Crippen LogP contribution in [0.2, 0.25) is 0 Å². The molecule has 0 radical (unpaired) electrons. The third-order valence-corrected chi connectivity index (χ3v) is 5.83. The molecule has 1 atom stereocenters. The van der Waals surface area contributed by atoms with E-state index in [1.54, 1.807) is 30.0 Å². The molecule has 1 fully saturated rings. The van der Waals surface area contributed by atoms with Gasteiger partial charge >= 0.3 is 0 Å². The van der Waals surface area contributed by atoms with E-state index in [9.17, 15) is 14.4 Å². The molecule has 9 heteroatoms. The average molecular weight is 458 g/mol. The molecule has 0 bridgehead atoms. The molecule has 3 aromatic rings. The average Bonchev–Trinajstić information content (AvgIpc) is 2.78. The fraction of sp³-hybridized carbons (Fsp3) is 0.391. The molecule has 0 saturated carbocycles. The van der Waals surface area contributed by atoms with Crippen molar-refractivity contribution in [3.05, 3.63) is 74.6 Å². The minimum Gasteiger partial charge on any atom is -0.350 e. The Balaban J connectivity index is 0.00000289. The minimum absolute atomic E-state index is 0. The molecular weight excluding hydrogens is 430 g/mol. The summed E-state index contributed by atoms with van der Waals surface area (Å²) in [7, 11) is 0. The number of amides is 1. The van der Waals surface area contributed by atoms with E-state index in [0.717, 1.165) is 31.3 Å². The number of nitrogens with one attached hydrogen (secondary N) is 2. The van der Waals surface area contributed by atoms with Crippen LogP contribution in [0.1, 0.15) is 28.8 Å². The van der Waals surface area contributed by atoms with E-state index in [2.05, 4.69) is 15.7 Å². The summed E-state index contributed by atoms with van der Waals surface area (Å²) in [5.41, 5.74) is 0.322. The van der Waals surface area contributed by atoms with Gasteiger partial charge in [-0.1, -0.05) is 18.2 Å². The lowest BCUT2D eigenvalue weighted by atomic mass is 9.99. The lowest BCUT2D eigenvalue weighted by Gasteiger charge is -2.23. The predicted molar refractivity (Wildman–Crippen MR) is 127 cm³/mol. The molecule has 2 N–H and O–H groups in total. The van der Waals surface area contributed by atoms with Gasteiger partial charge in [-0.25, -0.2) is 4.68 Å². The van der Waals surface area contributed by atoms with Gasteiger partial charge in [0.2, 0.25) is 0 Å².